The number of aryl methyl sites for hydroxylation is 1. The SMILES string of the molecule is CCC(C)NC(=O)c1ccc(Nc2c(C)cccc2C(C)C)cn1. The summed E-state index contributed by atoms with van der Waals surface area (Å²) in [6, 6.07) is 10.1. The molecule has 128 valence electrons. The molecule has 0 bridgehead atoms. The molecular weight excluding hydrogens is 298 g/mol. The highest BCUT2D eigenvalue weighted by atomic mass is 16.1. The zero-order chi connectivity index (χ0) is 17.7. The number of nitrogens with one attached hydrogen (secondary N) is 2. The van der Waals surface area contributed by atoms with Gasteiger partial charge in [0.15, 0.2) is 0 Å². The van der Waals surface area contributed by atoms with Crippen molar-refractivity contribution in [2.75, 3.05) is 5.32 Å². The highest BCUT2D eigenvalue weighted by Crippen LogP contribution is 2.29. The van der Waals surface area contributed by atoms with E-state index in [0.29, 0.717) is 11.6 Å². The van der Waals surface area contributed by atoms with Gasteiger partial charge in [-0.2, -0.15) is 0 Å². The summed E-state index contributed by atoms with van der Waals surface area (Å²) in [5.74, 6) is 0.301. The second kappa shape index (κ2) is 7.95. The Morgan fingerprint density at radius 1 is 1.17 bits per heavy atom. The molecule has 4 nitrogen and oxygen atoms in total. The van der Waals surface area contributed by atoms with Crippen molar-refractivity contribution in [1.82, 2.24) is 10.3 Å². The lowest BCUT2D eigenvalue weighted by Crippen LogP contribution is -2.32. The van der Waals surface area contributed by atoms with Crippen LogP contribution in [-0.4, -0.2) is 16.9 Å². The maximum Gasteiger partial charge on any atom is 0.270 e. The molecule has 0 radical (unpaired) electrons. The Kier molecular flexibility index (Phi) is 5.96. The van der Waals surface area contributed by atoms with Gasteiger partial charge in [-0.05, 0) is 49.4 Å². The average molecular weight is 325 g/mol. The Balaban J connectivity index is 2.17. The number of aromatic nitrogens is 1. The van der Waals surface area contributed by atoms with Crippen molar-refractivity contribution in [1.29, 1.82) is 0 Å². The van der Waals surface area contributed by atoms with Gasteiger partial charge >= 0.3 is 0 Å². The summed E-state index contributed by atoms with van der Waals surface area (Å²) >= 11 is 0. The van der Waals surface area contributed by atoms with Gasteiger partial charge in [0.2, 0.25) is 0 Å². The number of amides is 1. The summed E-state index contributed by atoms with van der Waals surface area (Å²) < 4.78 is 0. The summed E-state index contributed by atoms with van der Waals surface area (Å²) in [5.41, 5.74) is 4.90. The third kappa shape index (κ3) is 4.34. The van der Waals surface area contributed by atoms with Gasteiger partial charge in [0.25, 0.3) is 5.91 Å². The summed E-state index contributed by atoms with van der Waals surface area (Å²) in [6.45, 7) is 10.5. The fraction of sp³-hybridized carbons (Fsp3) is 0.400. The Hall–Kier alpha value is -2.36. The number of hydrogen-bond donors (Lipinski definition) is 2. The second-order valence-electron chi connectivity index (χ2n) is 6.53. The normalized spacial score (nSPS) is 12.1. The Labute approximate surface area is 144 Å². The summed E-state index contributed by atoms with van der Waals surface area (Å²) in [4.78, 5) is 16.4. The van der Waals surface area contributed by atoms with Crippen LogP contribution in [-0.2, 0) is 0 Å². The van der Waals surface area contributed by atoms with E-state index in [-0.39, 0.29) is 11.9 Å². The minimum Gasteiger partial charge on any atom is -0.354 e. The van der Waals surface area contributed by atoms with Crippen molar-refractivity contribution in [2.45, 2.75) is 53.0 Å². The fourth-order valence-electron chi connectivity index (χ4n) is 2.49. The van der Waals surface area contributed by atoms with Crippen LogP contribution < -0.4 is 10.6 Å². The first-order valence-corrected chi connectivity index (χ1v) is 8.55. The number of carbonyl (C=O) groups excluding carboxylic acids is 1. The van der Waals surface area contributed by atoms with E-state index in [0.717, 1.165) is 17.8 Å². The van der Waals surface area contributed by atoms with Gasteiger partial charge in [-0.25, -0.2) is 4.98 Å². The van der Waals surface area contributed by atoms with E-state index in [1.807, 2.05) is 19.9 Å². The van der Waals surface area contributed by atoms with Gasteiger partial charge in [-0.3, -0.25) is 4.79 Å². The molecule has 2 N–H and O–H groups in total. The largest absolute Gasteiger partial charge is 0.354 e. The highest BCUT2D eigenvalue weighted by molar-refractivity contribution is 5.92. The van der Waals surface area contributed by atoms with Gasteiger partial charge in [0.05, 0.1) is 11.9 Å². The molecule has 0 spiro atoms. The number of carbonyl (C=O) groups is 1. The minimum absolute atomic E-state index is 0.130. The van der Waals surface area contributed by atoms with Crippen molar-refractivity contribution in [3.05, 3.63) is 53.3 Å². The Bertz CT molecular complexity index is 693. The summed E-state index contributed by atoms with van der Waals surface area (Å²) in [5, 5.41) is 6.37. The molecule has 4 heteroatoms. The maximum absolute atomic E-state index is 12.1. The van der Waals surface area contributed by atoms with Crippen LogP contribution in [0, 0.1) is 6.92 Å². The molecule has 1 aromatic heterocycles. The third-order valence-electron chi connectivity index (χ3n) is 4.18. The molecule has 0 fully saturated rings. The van der Waals surface area contributed by atoms with E-state index < -0.39 is 0 Å². The number of pyridine rings is 1. The van der Waals surface area contributed by atoms with E-state index in [1.165, 1.54) is 11.1 Å². The van der Waals surface area contributed by atoms with E-state index >= 15 is 0 Å². The first-order valence-electron chi connectivity index (χ1n) is 8.55. The molecule has 1 amide bonds. The number of hydrogen-bond acceptors (Lipinski definition) is 3. The summed E-state index contributed by atoms with van der Waals surface area (Å²) in [7, 11) is 0. The van der Waals surface area contributed by atoms with Gasteiger partial charge in [-0.15, -0.1) is 0 Å². The molecule has 0 saturated heterocycles. The molecule has 0 aliphatic rings. The van der Waals surface area contributed by atoms with E-state index in [9.17, 15) is 4.79 Å². The first kappa shape index (κ1) is 18.0. The molecule has 1 heterocycles. The lowest BCUT2D eigenvalue weighted by atomic mass is 9.98. The zero-order valence-electron chi connectivity index (χ0n) is 15.2. The third-order valence-corrected chi connectivity index (χ3v) is 4.18. The maximum atomic E-state index is 12.1. The molecule has 0 saturated carbocycles. The zero-order valence-corrected chi connectivity index (χ0v) is 15.2. The molecule has 0 aliphatic heterocycles. The molecule has 2 aromatic rings. The second-order valence-corrected chi connectivity index (χ2v) is 6.53. The van der Waals surface area contributed by atoms with E-state index in [4.69, 9.17) is 0 Å². The van der Waals surface area contributed by atoms with E-state index in [1.54, 1.807) is 12.3 Å². The van der Waals surface area contributed by atoms with Crippen molar-refractivity contribution in [2.24, 2.45) is 0 Å². The van der Waals surface area contributed by atoms with Gasteiger partial charge in [-0.1, -0.05) is 39.0 Å². The molecule has 2 rings (SSSR count). The predicted octanol–water partition coefficient (Wildman–Crippen LogP) is 4.79. The number of benzene rings is 1. The minimum atomic E-state index is -0.130. The Morgan fingerprint density at radius 2 is 1.92 bits per heavy atom. The van der Waals surface area contributed by atoms with Gasteiger partial charge in [0.1, 0.15) is 5.69 Å². The van der Waals surface area contributed by atoms with Crippen molar-refractivity contribution in [3.63, 3.8) is 0 Å². The molecule has 1 atom stereocenters. The molecular formula is C20H27N3O. The van der Waals surface area contributed by atoms with Crippen LogP contribution in [0.2, 0.25) is 0 Å². The lowest BCUT2D eigenvalue weighted by molar-refractivity contribution is 0.0934. The smallest absolute Gasteiger partial charge is 0.270 e. The van der Waals surface area contributed by atoms with Crippen molar-refractivity contribution in [3.8, 4) is 0 Å². The molecule has 1 aromatic carbocycles. The van der Waals surface area contributed by atoms with Crippen LogP contribution in [0.3, 0.4) is 0 Å². The van der Waals surface area contributed by atoms with Gasteiger partial charge < -0.3 is 10.6 Å². The van der Waals surface area contributed by atoms with Crippen LogP contribution >= 0.6 is 0 Å². The first-order chi connectivity index (χ1) is 11.4. The standard InChI is InChI=1S/C20H27N3O/c1-6-15(5)22-20(24)18-11-10-16(12-21-18)23-19-14(4)8-7-9-17(19)13(2)3/h7-13,15,23H,6H2,1-5H3,(H,22,24). The fourth-order valence-corrected chi connectivity index (χ4v) is 2.49. The lowest BCUT2D eigenvalue weighted by Gasteiger charge is -2.17. The van der Waals surface area contributed by atoms with E-state index in [2.05, 4.69) is 54.6 Å². The topological polar surface area (TPSA) is 54.0 Å². The van der Waals surface area contributed by atoms with Crippen LogP contribution in [0.5, 0.6) is 0 Å². The van der Waals surface area contributed by atoms with Crippen LogP contribution in [0.15, 0.2) is 36.5 Å². The number of rotatable bonds is 6. The van der Waals surface area contributed by atoms with Crippen LogP contribution in [0.4, 0.5) is 11.4 Å². The predicted molar refractivity (Wildman–Crippen MR) is 100 cm³/mol. The van der Waals surface area contributed by atoms with Gasteiger partial charge in [0, 0.05) is 11.7 Å². The van der Waals surface area contributed by atoms with Crippen molar-refractivity contribution >= 4 is 17.3 Å². The Morgan fingerprint density at radius 3 is 2.50 bits per heavy atom. The summed E-state index contributed by atoms with van der Waals surface area (Å²) in [6.07, 6.45) is 2.61. The van der Waals surface area contributed by atoms with Crippen LogP contribution in [0.25, 0.3) is 0 Å². The quantitative estimate of drug-likeness (QED) is 0.803. The van der Waals surface area contributed by atoms with Crippen LogP contribution in [0.1, 0.15) is 61.6 Å². The average Bonchev–Trinajstić information content (AvgIpc) is 2.56. The molecule has 24 heavy (non-hydrogen) atoms. The van der Waals surface area contributed by atoms with Crippen molar-refractivity contribution < 1.29 is 4.79 Å². The number of anilines is 2. The highest BCUT2D eigenvalue weighted by Gasteiger charge is 2.12. The molecule has 1 unspecified atom stereocenters. The number of para-hydroxylation sites is 1. The monoisotopic (exact) mass is 325 g/mol. The number of nitrogens with zero attached hydrogens (tertiary/aromatic N) is 1. The molecule has 0 aliphatic carbocycles.